The van der Waals surface area contributed by atoms with Crippen LogP contribution in [0.4, 0.5) is 4.39 Å². The van der Waals surface area contributed by atoms with Gasteiger partial charge in [-0.15, -0.1) is 0 Å². The molecule has 0 aliphatic rings. The van der Waals surface area contributed by atoms with Gasteiger partial charge in [0, 0.05) is 5.56 Å². The third-order valence-corrected chi connectivity index (χ3v) is 2.57. The van der Waals surface area contributed by atoms with E-state index in [-0.39, 0.29) is 28.2 Å². The van der Waals surface area contributed by atoms with Crippen LogP contribution in [0.5, 0.6) is 6.01 Å². The first-order valence-corrected chi connectivity index (χ1v) is 6.25. The van der Waals surface area contributed by atoms with E-state index in [2.05, 4.69) is 15.0 Å². The first kappa shape index (κ1) is 14.0. The lowest BCUT2D eigenvalue weighted by Gasteiger charge is -2.09. The molecule has 19 heavy (non-hydrogen) atoms. The lowest BCUT2D eigenvalue weighted by Crippen LogP contribution is -2.09. The molecule has 1 aromatic carbocycles. The average molecular weight is 302 g/mol. The van der Waals surface area contributed by atoms with E-state index < -0.39 is 5.82 Å². The lowest BCUT2D eigenvalue weighted by molar-refractivity contribution is 0.222. The van der Waals surface area contributed by atoms with Crippen molar-refractivity contribution >= 4 is 23.2 Å². The molecule has 0 amide bonds. The van der Waals surface area contributed by atoms with Crippen LogP contribution < -0.4 is 4.74 Å². The van der Waals surface area contributed by atoms with Crippen LogP contribution in [-0.4, -0.2) is 21.1 Å². The number of ether oxygens (including phenoxy) is 1. The van der Waals surface area contributed by atoms with Crippen molar-refractivity contribution < 1.29 is 9.13 Å². The highest BCUT2D eigenvalue weighted by Gasteiger charge is 2.11. The molecule has 2 aromatic rings. The maximum Gasteiger partial charge on any atom is 0.321 e. The zero-order valence-corrected chi connectivity index (χ0v) is 11.7. The Morgan fingerprint density at radius 1 is 1.16 bits per heavy atom. The number of aromatic nitrogens is 3. The van der Waals surface area contributed by atoms with E-state index in [0.717, 1.165) is 0 Å². The quantitative estimate of drug-likeness (QED) is 0.866. The SMILES string of the molecule is CC(C)Oc1nc(Cl)nc(-c2ccc(F)c(Cl)c2)n1. The van der Waals surface area contributed by atoms with Crippen molar-refractivity contribution in [2.24, 2.45) is 0 Å². The van der Waals surface area contributed by atoms with Gasteiger partial charge in [0.15, 0.2) is 5.82 Å². The topological polar surface area (TPSA) is 47.9 Å². The Morgan fingerprint density at radius 3 is 2.53 bits per heavy atom. The second kappa shape index (κ2) is 5.67. The Bertz CT molecular complexity index is 608. The number of rotatable bonds is 3. The van der Waals surface area contributed by atoms with Crippen LogP contribution in [0.15, 0.2) is 18.2 Å². The maximum absolute atomic E-state index is 13.1. The average Bonchev–Trinajstić information content (AvgIpc) is 2.31. The summed E-state index contributed by atoms with van der Waals surface area (Å²) in [6.45, 7) is 3.68. The third kappa shape index (κ3) is 3.52. The largest absolute Gasteiger partial charge is 0.461 e. The van der Waals surface area contributed by atoms with Crippen molar-refractivity contribution in [2.45, 2.75) is 20.0 Å². The molecule has 0 saturated heterocycles. The summed E-state index contributed by atoms with van der Waals surface area (Å²) in [4.78, 5) is 11.9. The molecule has 7 heteroatoms. The van der Waals surface area contributed by atoms with E-state index >= 15 is 0 Å². The van der Waals surface area contributed by atoms with E-state index in [0.29, 0.717) is 5.56 Å². The van der Waals surface area contributed by atoms with Crippen molar-refractivity contribution in [3.8, 4) is 17.4 Å². The van der Waals surface area contributed by atoms with Crippen molar-refractivity contribution in [1.29, 1.82) is 0 Å². The van der Waals surface area contributed by atoms with Crippen LogP contribution in [-0.2, 0) is 0 Å². The van der Waals surface area contributed by atoms with Gasteiger partial charge < -0.3 is 4.74 Å². The van der Waals surface area contributed by atoms with Crippen molar-refractivity contribution in [2.75, 3.05) is 0 Å². The summed E-state index contributed by atoms with van der Waals surface area (Å²) in [6, 6.07) is 4.27. The van der Waals surface area contributed by atoms with Gasteiger partial charge in [0.05, 0.1) is 11.1 Å². The van der Waals surface area contributed by atoms with E-state index in [1.807, 2.05) is 13.8 Å². The Labute approximate surface area is 119 Å². The van der Waals surface area contributed by atoms with Crippen LogP contribution in [0.2, 0.25) is 10.3 Å². The summed E-state index contributed by atoms with van der Waals surface area (Å²) >= 11 is 11.5. The molecule has 0 fully saturated rings. The smallest absolute Gasteiger partial charge is 0.321 e. The zero-order valence-electron chi connectivity index (χ0n) is 10.2. The lowest BCUT2D eigenvalue weighted by atomic mass is 10.2. The van der Waals surface area contributed by atoms with Gasteiger partial charge in [-0.2, -0.15) is 15.0 Å². The van der Waals surface area contributed by atoms with Crippen molar-refractivity contribution in [1.82, 2.24) is 15.0 Å². The molecule has 0 spiro atoms. The molecule has 0 aliphatic heterocycles. The van der Waals surface area contributed by atoms with E-state index in [1.165, 1.54) is 18.2 Å². The van der Waals surface area contributed by atoms with Gasteiger partial charge in [0.25, 0.3) is 0 Å². The second-order valence-electron chi connectivity index (χ2n) is 4.01. The second-order valence-corrected chi connectivity index (χ2v) is 4.75. The van der Waals surface area contributed by atoms with Crippen LogP contribution in [0, 0.1) is 5.82 Å². The van der Waals surface area contributed by atoms with E-state index in [1.54, 1.807) is 0 Å². The molecule has 2 rings (SSSR count). The Morgan fingerprint density at radius 2 is 1.89 bits per heavy atom. The summed E-state index contributed by atoms with van der Waals surface area (Å²) < 4.78 is 18.5. The normalized spacial score (nSPS) is 10.8. The van der Waals surface area contributed by atoms with Crippen molar-refractivity contribution in [3.05, 3.63) is 34.3 Å². The molecule has 100 valence electrons. The fourth-order valence-electron chi connectivity index (χ4n) is 1.36. The van der Waals surface area contributed by atoms with Gasteiger partial charge in [-0.05, 0) is 43.6 Å². The summed E-state index contributed by atoms with van der Waals surface area (Å²) in [5.74, 6) is -0.234. The third-order valence-electron chi connectivity index (χ3n) is 2.11. The summed E-state index contributed by atoms with van der Waals surface area (Å²) in [5.41, 5.74) is 0.532. The number of hydrogen-bond donors (Lipinski definition) is 0. The standard InChI is InChI=1S/C12H10Cl2FN3O/c1-6(2)19-12-17-10(16-11(14)18-12)7-3-4-9(15)8(13)5-7/h3-6H,1-2H3. The van der Waals surface area contributed by atoms with E-state index in [4.69, 9.17) is 27.9 Å². The highest BCUT2D eigenvalue weighted by molar-refractivity contribution is 6.31. The molecule has 0 aliphatic carbocycles. The molecule has 0 N–H and O–H groups in total. The molecule has 0 bridgehead atoms. The number of halogens is 3. The fraction of sp³-hybridized carbons (Fsp3) is 0.250. The Balaban J connectivity index is 2.43. The van der Waals surface area contributed by atoms with Crippen molar-refractivity contribution in [3.63, 3.8) is 0 Å². The first-order valence-electron chi connectivity index (χ1n) is 5.49. The Kier molecular flexibility index (Phi) is 4.17. The molecule has 0 radical (unpaired) electrons. The predicted octanol–water partition coefficient (Wildman–Crippen LogP) is 3.77. The maximum atomic E-state index is 13.1. The van der Waals surface area contributed by atoms with Gasteiger partial charge >= 0.3 is 6.01 Å². The van der Waals surface area contributed by atoms with Gasteiger partial charge in [-0.25, -0.2) is 4.39 Å². The fourth-order valence-corrected chi connectivity index (χ4v) is 1.69. The minimum atomic E-state index is -0.510. The van der Waals surface area contributed by atoms with Crippen LogP contribution in [0.3, 0.4) is 0 Å². The molecule has 4 nitrogen and oxygen atoms in total. The van der Waals surface area contributed by atoms with Gasteiger partial charge in [-0.1, -0.05) is 11.6 Å². The highest BCUT2D eigenvalue weighted by atomic mass is 35.5. The monoisotopic (exact) mass is 301 g/mol. The zero-order chi connectivity index (χ0) is 14.0. The molecule has 0 saturated carbocycles. The molecule has 1 heterocycles. The number of benzene rings is 1. The van der Waals surface area contributed by atoms with Gasteiger partial charge in [-0.3, -0.25) is 0 Å². The summed E-state index contributed by atoms with van der Waals surface area (Å²) in [5, 5.41) is -0.0125. The minimum Gasteiger partial charge on any atom is -0.461 e. The van der Waals surface area contributed by atoms with E-state index in [9.17, 15) is 4.39 Å². The highest BCUT2D eigenvalue weighted by Crippen LogP contribution is 2.24. The van der Waals surface area contributed by atoms with Crippen LogP contribution in [0.1, 0.15) is 13.8 Å². The minimum absolute atomic E-state index is 0.00102. The van der Waals surface area contributed by atoms with Gasteiger partial charge in [0.1, 0.15) is 5.82 Å². The van der Waals surface area contributed by atoms with Crippen LogP contribution in [0.25, 0.3) is 11.4 Å². The molecule has 0 atom stereocenters. The molecule has 0 unspecified atom stereocenters. The van der Waals surface area contributed by atoms with Gasteiger partial charge in [0.2, 0.25) is 5.28 Å². The number of hydrogen-bond acceptors (Lipinski definition) is 4. The Hall–Kier alpha value is -1.46. The number of nitrogens with zero attached hydrogens (tertiary/aromatic N) is 3. The summed E-state index contributed by atoms with van der Waals surface area (Å²) in [6.07, 6.45) is -0.0943. The summed E-state index contributed by atoms with van der Waals surface area (Å²) in [7, 11) is 0. The molecular weight excluding hydrogens is 292 g/mol. The molecular formula is C12H10Cl2FN3O. The van der Waals surface area contributed by atoms with Crippen LogP contribution >= 0.6 is 23.2 Å². The first-order chi connectivity index (χ1) is 8.95. The predicted molar refractivity (Wildman–Crippen MR) is 71.0 cm³/mol. The molecule has 1 aromatic heterocycles.